The van der Waals surface area contributed by atoms with Crippen LogP contribution in [0.5, 0.6) is 0 Å². The first-order valence-corrected chi connectivity index (χ1v) is 7.87. The Morgan fingerprint density at radius 2 is 2.26 bits per heavy atom. The van der Waals surface area contributed by atoms with E-state index in [-0.39, 0.29) is 21.4 Å². The number of hydrogen-bond donors (Lipinski definition) is 1. The number of morpholine rings is 1. The van der Waals surface area contributed by atoms with Crippen molar-refractivity contribution in [2.45, 2.75) is 24.2 Å². The van der Waals surface area contributed by atoms with Crippen molar-refractivity contribution in [3.8, 4) is 0 Å². The molecule has 1 unspecified atom stereocenters. The molecule has 0 saturated carbocycles. The molecule has 0 bridgehead atoms. The highest BCUT2D eigenvalue weighted by Crippen LogP contribution is 2.25. The van der Waals surface area contributed by atoms with Gasteiger partial charge in [0.05, 0.1) is 13.2 Å². The lowest BCUT2D eigenvalue weighted by Crippen LogP contribution is -2.46. The van der Waals surface area contributed by atoms with E-state index in [1.54, 1.807) is 6.92 Å². The number of aromatic nitrogens is 2. The van der Waals surface area contributed by atoms with E-state index in [2.05, 4.69) is 15.5 Å². The molecule has 1 aliphatic heterocycles. The number of carbonyl (C=O) groups excluding carboxylic acids is 1. The number of ether oxygens (including phenoxy) is 1. The Morgan fingerprint density at radius 3 is 2.89 bits per heavy atom. The average Bonchev–Trinajstić information content (AvgIpc) is 2.77. The van der Waals surface area contributed by atoms with Crippen LogP contribution in [0, 0.1) is 0 Å². The summed E-state index contributed by atoms with van der Waals surface area (Å²) in [6.45, 7) is 4.10. The van der Waals surface area contributed by atoms with E-state index in [4.69, 9.17) is 4.74 Å². The van der Waals surface area contributed by atoms with Gasteiger partial charge in [0.25, 0.3) is 10.0 Å². The van der Waals surface area contributed by atoms with Crippen molar-refractivity contribution in [1.82, 2.24) is 14.5 Å². The fourth-order valence-electron chi connectivity index (χ4n) is 1.68. The summed E-state index contributed by atoms with van der Waals surface area (Å²) in [5, 5.41) is 9.86. The minimum Gasteiger partial charge on any atom is -0.378 e. The maximum absolute atomic E-state index is 12.4. The van der Waals surface area contributed by atoms with Crippen LogP contribution in [0.2, 0.25) is 0 Å². The number of nitrogens with one attached hydrogen (secondary N) is 1. The molecule has 19 heavy (non-hydrogen) atoms. The number of nitrogens with zero attached hydrogens (tertiary/aromatic N) is 3. The second-order valence-electron chi connectivity index (χ2n) is 4.09. The molecule has 1 atom stereocenters. The minimum absolute atomic E-state index is 0.120. The highest BCUT2D eigenvalue weighted by atomic mass is 32.2. The van der Waals surface area contributed by atoms with E-state index < -0.39 is 10.0 Å². The van der Waals surface area contributed by atoms with Crippen molar-refractivity contribution in [1.29, 1.82) is 0 Å². The van der Waals surface area contributed by atoms with E-state index in [1.165, 1.54) is 11.2 Å². The molecule has 1 aliphatic rings. The summed E-state index contributed by atoms with van der Waals surface area (Å²) in [4.78, 5) is 10.9. The second-order valence-corrected chi connectivity index (χ2v) is 7.14. The Labute approximate surface area is 114 Å². The third-order valence-electron chi connectivity index (χ3n) is 2.53. The van der Waals surface area contributed by atoms with Crippen molar-refractivity contribution >= 4 is 32.4 Å². The van der Waals surface area contributed by atoms with Gasteiger partial charge in [0, 0.05) is 19.5 Å². The van der Waals surface area contributed by atoms with E-state index in [9.17, 15) is 13.2 Å². The highest BCUT2D eigenvalue weighted by molar-refractivity contribution is 7.91. The zero-order valence-corrected chi connectivity index (χ0v) is 12.1. The predicted octanol–water partition coefficient (Wildman–Crippen LogP) is -0.0941. The van der Waals surface area contributed by atoms with Crippen LogP contribution in [0.25, 0.3) is 0 Å². The maximum atomic E-state index is 12.4. The van der Waals surface area contributed by atoms with E-state index in [0.717, 1.165) is 11.3 Å². The summed E-state index contributed by atoms with van der Waals surface area (Å²) in [6, 6.07) is -0.244. The predicted molar refractivity (Wildman–Crippen MR) is 68.4 cm³/mol. The molecule has 0 aromatic carbocycles. The fourth-order valence-corrected chi connectivity index (χ4v) is 4.35. The normalized spacial score (nSPS) is 21.3. The van der Waals surface area contributed by atoms with Crippen molar-refractivity contribution in [2.75, 3.05) is 25.1 Å². The minimum atomic E-state index is -3.68. The lowest BCUT2D eigenvalue weighted by Gasteiger charge is -2.31. The molecule has 1 fully saturated rings. The van der Waals surface area contributed by atoms with E-state index >= 15 is 0 Å². The average molecular weight is 306 g/mol. The smallest absolute Gasteiger partial charge is 0.272 e. The van der Waals surface area contributed by atoms with Crippen LogP contribution in [0.4, 0.5) is 5.13 Å². The molecule has 0 aliphatic carbocycles. The molecule has 1 aromatic heterocycles. The van der Waals surface area contributed by atoms with Crippen LogP contribution in [-0.4, -0.2) is 54.6 Å². The summed E-state index contributed by atoms with van der Waals surface area (Å²) >= 11 is 0.839. The third-order valence-corrected chi connectivity index (χ3v) is 5.72. The highest BCUT2D eigenvalue weighted by Gasteiger charge is 2.34. The number of rotatable bonds is 3. The lowest BCUT2D eigenvalue weighted by molar-refractivity contribution is -0.114. The van der Waals surface area contributed by atoms with Crippen molar-refractivity contribution < 1.29 is 17.9 Å². The van der Waals surface area contributed by atoms with Crippen LogP contribution in [0.15, 0.2) is 4.34 Å². The molecule has 2 rings (SSSR count). The van der Waals surface area contributed by atoms with Gasteiger partial charge in [-0.2, -0.15) is 4.31 Å². The van der Waals surface area contributed by atoms with E-state index in [1.807, 2.05) is 0 Å². The van der Waals surface area contributed by atoms with Gasteiger partial charge in [0.1, 0.15) is 0 Å². The SMILES string of the molecule is CC(=O)Nc1nnc(S(=O)(=O)N2CCOCC2C)s1. The van der Waals surface area contributed by atoms with Gasteiger partial charge in [0.15, 0.2) is 0 Å². The number of sulfonamides is 1. The van der Waals surface area contributed by atoms with Crippen LogP contribution >= 0.6 is 11.3 Å². The van der Waals surface area contributed by atoms with Crippen LogP contribution in [0.3, 0.4) is 0 Å². The van der Waals surface area contributed by atoms with Gasteiger partial charge < -0.3 is 10.1 Å². The molecule has 0 spiro atoms. The molecule has 106 valence electrons. The molecular weight excluding hydrogens is 292 g/mol. The van der Waals surface area contributed by atoms with Crippen molar-refractivity contribution in [3.05, 3.63) is 0 Å². The van der Waals surface area contributed by atoms with Gasteiger partial charge in [0.2, 0.25) is 15.4 Å². The quantitative estimate of drug-likeness (QED) is 0.783. The van der Waals surface area contributed by atoms with Crippen molar-refractivity contribution in [2.24, 2.45) is 0 Å². The first-order valence-electron chi connectivity index (χ1n) is 5.62. The second kappa shape index (κ2) is 5.49. The van der Waals surface area contributed by atoms with Crippen molar-refractivity contribution in [3.63, 3.8) is 0 Å². The Hall–Kier alpha value is -1.10. The van der Waals surface area contributed by atoms with Gasteiger partial charge in [-0.15, -0.1) is 10.2 Å². The monoisotopic (exact) mass is 306 g/mol. The topological polar surface area (TPSA) is 101 Å². The number of hydrogen-bond acceptors (Lipinski definition) is 7. The maximum Gasteiger partial charge on any atom is 0.272 e. The number of amides is 1. The third kappa shape index (κ3) is 3.08. The first-order chi connectivity index (χ1) is 8.91. The Bertz CT molecular complexity index is 571. The van der Waals surface area contributed by atoms with Crippen LogP contribution in [-0.2, 0) is 19.6 Å². The molecule has 8 nitrogen and oxygen atoms in total. The molecule has 1 N–H and O–H groups in total. The first kappa shape index (κ1) is 14.3. The summed E-state index contributed by atoms with van der Waals surface area (Å²) in [6.07, 6.45) is 0. The summed E-state index contributed by atoms with van der Waals surface area (Å²) in [5.41, 5.74) is 0. The molecule has 0 radical (unpaired) electrons. The van der Waals surface area contributed by atoms with Gasteiger partial charge >= 0.3 is 0 Å². The molecule has 1 saturated heterocycles. The molecule has 10 heteroatoms. The molecular formula is C9H14N4O4S2. The molecule has 1 amide bonds. The Balaban J connectivity index is 2.23. The summed E-state index contributed by atoms with van der Waals surface area (Å²) < 4.78 is 31.2. The van der Waals surface area contributed by atoms with Crippen LogP contribution < -0.4 is 5.32 Å². The summed E-state index contributed by atoms with van der Waals surface area (Å²) in [5.74, 6) is -0.320. The number of carbonyl (C=O) groups is 1. The Morgan fingerprint density at radius 1 is 1.53 bits per heavy atom. The zero-order chi connectivity index (χ0) is 14.0. The molecule has 2 heterocycles. The Kier molecular flexibility index (Phi) is 4.13. The number of anilines is 1. The van der Waals surface area contributed by atoms with Gasteiger partial charge in [-0.25, -0.2) is 8.42 Å². The molecule has 1 aromatic rings. The largest absolute Gasteiger partial charge is 0.378 e. The van der Waals surface area contributed by atoms with Gasteiger partial charge in [-0.3, -0.25) is 4.79 Å². The zero-order valence-electron chi connectivity index (χ0n) is 10.5. The fraction of sp³-hybridized carbons (Fsp3) is 0.667. The van der Waals surface area contributed by atoms with Gasteiger partial charge in [-0.05, 0) is 6.92 Å². The summed E-state index contributed by atoms with van der Waals surface area (Å²) in [7, 11) is -3.68. The van der Waals surface area contributed by atoms with E-state index in [0.29, 0.717) is 19.8 Å². The van der Waals surface area contributed by atoms with Crippen LogP contribution in [0.1, 0.15) is 13.8 Å². The standard InChI is InChI=1S/C9H14N4O4S2/c1-6-5-17-4-3-13(6)19(15,16)9-12-11-8(18-9)10-7(2)14/h6H,3-5H2,1-2H3,(H,10,11,14). The van der Waals surface area contributed by atoms with Gasteiger partial charge in [-0.1, -0.05) is 11.3 Å². The lowest BCUT2D eigenvalue weighted by atomic mass is 10.3.